The molecule has 41 heavy (non-hydrogen) atoms. The standard InChI is InChI=1S/C32H26B7BrO/c33-25-22(26(34)27(35)24-23(25)28(36)30(38)31(39)29(24)37)16-11-19(15-6-5-14-10-17(40)8-7-13(14)9-15)32-20(12-16)18-3-1-2-4-21(18)41-32/h1-12H,33-39H2. The lowest BCUT2D eigenvalue weighted by atomic mass is 9.58. The fourth-order valence-corrected chi connectivity index (χ4v) is 7.41. The fraction of sp³-hybridized carbons (Fsp3) is 0. The summed E-state index contributed by atoms with van der Waals surface area (Å²) < 4.78 is 7.66. The minimum Gasteiger partial charge on any atom is -0.455 e. The van der Waals surface area contributed by atoms with Crippen LogP contribution in [-0.4, -0.2) is 54.9 Å². The molecule has 7 aromatic rings. The Kier molecular flexibility index (Phi) is 6.17. The summed E-state index contributed by atoms with van der Waals surface area (Å²) in [6, 6.07) is 26.3. The first-order chi connectivity index (χ1) is 19.7. The van der Waals surface area contributed by atoms with Gasteiger partial charge in [0, 0.05) is 20.8 Å². The zero-order valence-electron chi connectivity index (χ0n) is 24.7. The van der Waals surface area contributed by atoms with Crippen molar-refractivity contribution in [1.82, 2.24) is 0 Å². The quantitative estimate of drug-likeness (QED) is 0.211. The lowest BCUT2D eigenvalue weighted by Crippen LogP contribution is -2.52. The van der Waals surface area contributed by atoms with Crippen molar-refractivity contribution < 1.29 is 4.42 Å². The minimum atomic E-state index is 0.923. The van der Waals surface area contributed by atoms with Gasteiger partial charge in [-0.2, -0.15) is 0 Å². The van der Waals surface area contributed by atoms with Crippen molar-refractivity contribution in [3.8, 4) is 22.3 Å². The van der Waals surface area contributed by atoms with Gasteiger partial charge in [-0.15, -0.1) is 10.9 Å². The smallest absolute Gasteiger partial charge is 0.143 e. The Morgan fingerprint density at radius 1 is 0.512 bits per heavy atom. The number of fused-ring (bicyclic) bond motifs is 5. The normalized spacial score (nSPS) is 11.7. The first-order valence-electron chi connectivity index (χ1n) is 14.3. The van der Waals surface area contributed by atoms with Crippen molar-refractivity contribution in [2.45, 2.75) is 0 Å². The summed E-state index contributed by atoms with van der Waals surface area (Å²) in [5, 5.41) is 7.56. The molecule has 0 fully saturated rings. The van der Waals surface area contributed by atoms with Crippen LogP contribution in [0.25, 0.3) is 65.7 Å². The molecule has 0 aliphatic heterocycles. The number of benzene rings is 6. The maximum Gasteiger partial charge on any atom is 0.143 e. The summed E-state index contributed by atoms with van der Waals surface area (Å²) in [6.07, 6.45) is 0. The third-order valence-electron chi connectivity index (χ3n) is 9.63. The van der Waals surface area contributed by atoms with Crippen LogP contribution in [0.2, 0.25) is 0 Å². The molecule has 1 nitrogen and oxygen atoms in total. The molecule has 0 N–H and O–H groups in total. The molecular formula is C32H26B7BrO. The van der Waals surface area contributed by atoms with Crippen LogP contribution in [0.5, 0.6) is 0 Å². The largest absolute Gasteiger partial charge is 0.455 e. The zero-order chi connectivity index (χ0) is 28.7. The summed E-state index contributed by atoms with van der Waals surface area (Å²) in [6.45, 7) is 0. The summed E-state index contributed by atoms with van der Waals surface area (Å²) in [7, 11) is 16.0. The highest BCUT2D eigenvalue weighted by molar-refractivity contribution is 9.10. The van der Waals surface area contributed by atoms with Gasteiger partial charge in [0.15, 0.2) is 0 Å². The van der Waals surface area contributed by atoms with Gasteiger partial charge in [0.2, 0.25) is 0 Å². The molecule has 0 saturated carbocycles. The predicted octanol–water partition coefficient (Wildman–Crippen LogP) is -2.20. The molecular weight excluding hydrogens is 556 g/mol. The lowest BCUT2D eigenvalue weighted by Gasteiger charge is -2.25. The van der Waals surface area contributed by atoms with E-state index < -0.39 is 0 Å². The highest BCUT2D eigenvalue weighted by atomic mass is 79.9. The van der Waals surface area contributed by atoms with Crippen molar-refractivity contribution in [3.63, 3.8) is 0 Å². The van der Waals surface area contributed by atoms with E-state index in [-0.39, 0.29) is 0 Å². The van der Waals surface area contributed by atoms with Gasteiger partial charge in [-0.05, 0) is 74.6 Å². The first-order valence-corrected chi connectivity index (χ1v) is 15.1. The first kappa shape index (κ1) is 26.5. The van der Waals surface area contributed by atoms with E-state index in [9.17, 15) is 0 Å². The van der Waals surface area contributed by atoms with Gasteiger partial charge in [0.05, 0.1) is 0 Å². The van der Waals surface area contributed by atoms with E-state index in [0.717, 1.165) is 37.5 Å². The van der Waals surface area contributed by atoms with Crippen LogP contribution in [0.3, 0.4) is 0 Å². The number of para-hydroxylation sites is 1. The molecule has 9 heteroatoms. The molecule has 0 bridgehead atoms. The average molecular weight is 582 g/mol. The van der Waals surface area contributed by atoms with Crippen molar-refractivity contribution in [1.29, 1.82) is 0 Å². The molecule has 0 spiro atoms. The summed E-state index contributed by atoms with van der Waals surface area (Å²) in [4.78, 5) is 0. The van der Waals surface area contributed by atoms with E-state index in [2.05, 4.69) is 144 Å². The monoisotopic (exact) mass is 582 g/mol. The molecule has 6 aromatic carbocycles. The van der Waals surface area contributed by atoms with E-state index in [4.69, 9.17) is 4.42 Å². The second kappa shape index (κ2) is 9.56. The zero-order valence-corrected chi connectivity index (χ0v) is 26.3. The van der Waals surface area contributed by atoms with Crippen LogP contribution in [0, 0.1) is 0 Å². The van der Waals surface area contributed by atoms with Gasteiger partial charge >= 0.3 is 0 Å². The fourth-order valence-electron chi connectivity index (χ4n) is 7.03. The molecule has 7 rings (SSSR count). The van der Waals surface area contributed by atoms with Crippen LogP contribution in [-0.2, 0) is 0 Å². The molecule has 0 aliphatic rings. The third kappa shape index (κ3) is 3.92. The van der Waals surface area contributed by atoms with E-state index in [1.807, 2.05) is 0 Å². The lowest BCUT2D eigenvalue weighted by molar-refractivity contribution is 0.670. The van der Waals surface area contributed by atoms with Gasteiger partial charge in [-0.25, -0.2) is 0 Å². The molecule has 0 aliphatic carbocycles. The van der Waals surface area contributed by atoms with Crippen LogP contribution < -0.4 is 38.2 Å². The van der Waals surface area contributed by atoms with Crippen molar-refractivity contribution in [3.05, 3.63) is 77.3 Å². The molecule has 0 atom stereocenters. The summed E-state index contributed by atoms with van der Waals surface area (Å²) in [5.41, 5.74) is 16.4. The van der Waals surface area contributed by atoms with Gasteiger partial charge in [-0.1, -0.05) is 79.6 Å². The molecule has 1 aromatic heterocycles. The Bertz CT molecular complexity index is 2250. The number of hydrogen-bond donors (Lipinski definition) is 0. The Balaban J connectivity index is 1.60. The van der Waals surface area contributed by atoms with Crippen LogP contribution in [0.15, 0.2) is 81.7 Å². The van der Waals surface area contributed by atoms with E-state index in [1.165, 1.54) is 70.9 Å². The summed E-state index contributed by atoms with van der Waals surface area (Å²) >= 11 is 3.62. The Morgan fingerprint density at radius 3 is 1.90 bits per heavy atom. The Hall–Kier alpha value is -3.43. The van der Waals surface area contributed by atoms with Crippen LogP contribution in [0.1, 0.15) is 0 Å². The van der Waals surface area contributed by atoms with E-state index >= 15 is 0 Å². The molecule has 1 heterocycles. The number of halogens is 1. The average Bonchev–Trinajstić information content (AvgIpc) is 3.35. The molecule has 0 amide bonds. The second-order valence-electron chi connectivity index (χ2n) is 11.7. The predicted molar refractivity (Wildman–Crippen MR) is 205 cm³/mol. The Morgan fingerprint density at radius 2 is 1.15 bits per heavy atom. The molecule has 0 unspecified atom stereocenters. The summed E-state index contributed by atoms with van der Waals surface area (Å²) in [5.74, 6) is 0. The Labute approximate surface area is 255 Å². The van der Waals surface area contributed by atoms with Gasteiger partial charge in [0.25, 0.3) is 0 Å². The SMILES string of the molecule is Bc1c(B)c(B)c2c(B)c(-c3cc(-c4ccc5cc(Br)ccc5c4)c4oc5ccccc5c4c3)c(B)c(B)c2c1B. The highest BCUT2D eigenvalue weighted by Crippen LogP contribution is 2.40. The van der Waals surface area contributed by atoms with Crippen LogP contribution in [0.4, 0.5) is 0 Å². The van der Waals surface area contributed by atoms with Crippen molar-refractivity contribution >= 4 is 153 Å². The van der Waals surface area contributed by atoms with Gasteiger partial charge in [-0.3, -0.25) is 0 Å². The van der Waals surface area contributed by atoms with Crippen molar-refractivity contribution in [2.75, 3.05) is 0 Å². The maximum absolute atomic E-state index is 6.57. The van der Waals surface area contributed by atoms with Crippen molar-refractivity contribution in [2.24, 2.45) is 0 Å². The maximum atomic E-state index is 6.57. The minimum absolute atomic E-state index is 0.923. The number of hydrogen-bond acceptors (Lipinski definition) is 1. The second-order valence-corrected chi connectivity index (χ2v) is 12.6. The molecule has 0 radical (unpaired) electrons. The van der Waals surface area contributed by atoms with Gasteiger partial charge in [0.1, 0.15) is 66.1 Å². The molecule has 188 valence electrons. The van der Waals surface area contributed by atoms with Gasteiger partial charge < -0.3 is 4.42 Å². The number of rotatable bonds is 2. The third-order valence-corrected chi connectivity index (χ3v) is 10.1. The van der Waals surface area contributed by atoms with E-state index in [0.29, 0.717) is 0 Å². The molecule has 0 saturated heterocycles. The van der Waals surface area contributed by atoms with E-state index in [1.54, 1.807) is 0 Å². The van der Waals surface area contributed by atoms with Crippen LogP contribution >= 0.6 is 15.9 Å². The highest BCUT2D eigenvalue weighted by Gasteiger charge is 2.21. The topological polar surface area (TPSA) is 13.1 Å². The number of furan rings is 1.